The molecule has 296 valence electrons. The Bertz CT molecular complexity index is 1870. The number of aryl methyl sites for hydroxylation is 1. The number of carboxylic acid groups (broad SMARTS) is 1. The molecule has 2 saturated heterocycles. The number of fused-ring (bicyclic) bond motifs is 2. The number of benzene rings is 1. The minimum atomic E-state index is -0.770. The molecule has 3 aliphatic rings. The molecule has 2 aliphatic heterocycles. The number of aliphatic hydroxyl groups excluding tert-OH is 2. The summed E-state index contributed by atoms with van der Waals surface area (Å²) in [5.74, 6) is 1.32. The van der Waals surface area contributed by atoms with Gasteiger partial charge in [-0.15, -0.1) is 0 Å². The van der Waals surface area contributed by atoms with Crippen LogP contribution in [-0.4, -0.2) is 103 Å². The van der Waals surface area contributed by atoms with E-state index in [4.69, 9.17) is 14.6 Å². The van der Waals surface area contributed by atoms with E-state index in [1.165, 1.54) is 11.6 Å². The number of aliphatic carboxylic acids is 1. The zero-order valence-electron chi connectivity index (χ0n) is 32.2. The molecule has 3 fully saturated rings. The Morgan fingerprint density at radius 3 is 2.56 bits per heavy atom. The van der Waals surface area contributed by atoms with Gasteiger partial charge in [-0.1, -0.05) is 50.5 Å². The van der Waals surface area contributed by atoms with Crippen molar-refractivity contribution < 1.29 is 29.6 Å². The number of para-hydroxylation sites is 2. The number of aliphatic hydroxyl groups is 2. The Kier molecular flexibility index (Phi) is 14.5. The molecule has 0 radical (unpaired) electrons. The Labute approximate surface area is 316 Å². The highest BCUT2D eigenvalue weighted by atomic mass is 16.5. The minimum Gasteiger partial charge on any atom is -0.495 e. The fourth-order valence-corrected chi connectivity index (χ4v) is 7.78. The predicted octanol–water partition coefficient (Wildman–Crippen LogP) is 3.67. The summed E-state index contributed by atoms with van der Waals surface area (Å²) in [6.07, 6.45) is 13.6. The molecule has 1 aromatic carbocycles. The molecule has 1 saturated carbocycles. The standard InChI is InChI=1S/C20H26N6O3.C20H32O5/c1-22-18-17(19(27)23(2)20(22)28)26(14-21-18)13-10-24-8-11-25(12-9-24)15-6-4-5-7-16(15)29-3;1-2-3-4-7-14(21)10-11-16-17-12-15(8-5-6-9-20(23)24)25-19(17)13-18(16)22/h4-7,14H,8-13H2,1-3H3;8,10-11,14,16-19,21-22H,2-7,9,12-13H2,1H3,(H,23,24)/b;11-10+,15-8-/t;14-,16?,17+,18+,19-/m.0/s1. The molecule has 14 nitrogen and oxygen atoms in total. The SMILES string of the molecule is CCCCC[C@H](O)/C=C/C1[C@H](O)C[C@@H]2O/C(=C\CCCC(=O)O)C[C@H]12.COc1ccccc1N1CCN(CCn2cnc3c2c(=O)n(C)c(=O)n3C)CC1. The quantitative estimate of drug-likeness (QED) is 0.153. The first-order valence-corrected chi connectivity index (χ1v) is 19.3. The monoisotopic (exact) mass is 750 g/mol. The number of aromatic nitrogens is 4. The number of hydrogen-bond donors (Lipinski definition) is 3. The molecule has 54 heavy (non-hydrogen) atoms. The summed E-state index contributed by atoms with van der Waals surface area (Å²) in [4.78, 5) is 44.2. The number of carbonyl (C=O) groups is 1. The summed E-state index contributed by atoms with van der Waals surface area (Å²) in [7, 11) is 4.83. The molecule has 0 amide bonds. The predicted molar refractivity (Wildman–Crippen MR) is 208 cm³/mol. The number of methoxy groups -OCH3 is 1. The molecule has 3 N–H and O–H groups in total. The summed E-state index contributed by atoms with van der Waals surface area (Å²) >= 11 is 0. The molecule has 0 bridgehead atoms. The van der Waals surface area contributed by atoms with Crippen molar-refractivity contribution in [2.45, 2.75) is 89.6 Å². The number of piperazine rings is 1. The topological polar surface area (TPSA) is 165 Å². The number of carboxylic acids is 1. The highest BCUT2D eigenvalue weighted by Crippen LogP contribution is 2.45. The van der Waals surface area contributed by atoms with Crippen molar-refractivity contribution in [1.29, 1.82) is 0 Å². The Morgan fingerprint density at radius 2 is 1.83 bits per heavy atom. The second kappa shape index (κ2) is 19.3. The Hall–Kier alpha value is -4.40. The van der Waals surface area contributed by atoms with Gasteiger partial charge in [-0.2, -0.15) is 0 Å². The van der Waals surface area contributed by atoms with E-state index < -0.39 is 18.2 Å². The molecule has 14 heteroatoms. The van der Waals surface area contributed by atoms with Crippen LogP contribution in [0.1, 0.15) is 64.7 Å². The lowest BCUT2D eigenvalue weighted by Crippen LogP contribution is -2.47. The van der Waals surface area contributed by atoms with Crippen molar-refractivity contribution in [2.24, 2.45) is 25.9 Å². The van der Waals surface area contributed by atoms with Gasteiger partial charge in [0.25, 0.3) is 5.56 Å². The van der Waals surface area contributed by atoms with Gasteiger partial charge in [-0.05, 0) is 37.5 Å². The van der Waals surface area contributed by atoms with E-state index in [0.717, 1.165) is 86.6 Å². The largest absolute Gasteiger partial charge is 0.495 e. The van der Waals surface area contributed by atoms with Gasteiger partial charge in [0.1, 0.15) is 11.9 Å². The fourth-order valence-electron chi connectivity index (χ4n) is 7.78. The lowest BCUT2D eigenvalue weighted by Gasteiger charge is -2.36. The summed E-state index contributed by atoms with van der Waals surface area (Å²) < 4.78 is 15.8. The van der Waals surface area contributed by atoms with Gasteiger partial charge in [-0.3, -0.25) is 23.6 Å². The second-order valence-corrected chi connectivity index (χ2v) is 14.6. The maximum absolute atomic E-state index is 12.6. The number of unbranched alkanes of at least 4 members (excludes halogenated alkanes) is 3. The number of anilines is 1. The van der Waals surface area contributed by atoms with Crippen LogP contribution in [0.25, 0.3) is 11.2 Å². The van der Waals surface area contributed by atoms with Crippen LogP contribution in [0, 0.1) is 11.8 Å². The molecule has 6 rings (SSSR count). The third kappa shape index (κ3) is 10.0. The van der Waals surface area contributed by atoms with Crippen molar-refractivity contribution >= 4 is 22.8 Å². The number of ether oxygens (including phenoxy) is 2. The molecule has 3 aromatic rings. The molecule has 2 aromatic heterocycles. The van der Waals surface area contributed by atoms with Crippen LogP contribution in [0.5, 0.6) is 5.75 Å². The molecule has 1 aliphatic carbocycles. The van der Waals surface area contributed by atoms with Gasteiger partial charge in [0.2, 0.25) is 0 Å². The van der Waals surface area contributed by atoms with E-state index in [2.05, 4.69) is 27.8 Å². The van der Waals surface area contributed by atoms with Crippen LogP contribution >= 0.6 is 0 Å². The maximum Gasteiger partial charge on any atom is 0.332 e. The van der Waals surface area contributed by atoms with Gasteiger partial charge in [0.15, 0.2) is 11.2 Å². The summed E-state index contributed by atoms with van der Waals surface area (Å²) in [6, 6.07) is 8.09. The number of imidazole rings is 1. The summed E-state index contributed by atoms with van der Waals surface area (Å²) in [6.45, 7) is 7.31. The van der Waals surface area contributed by atoms with Crippen molar-refractivity contribution in [1.82, 2.24) is 23.6 Å². The van der Waals surface area contributed by atoms with Crippen LogP contribution in [0.3, 0.4) is 0 Å². The molecule has 5 atom stereocenters. The normalized spacial score (nSPS) is 22.7. The van der Waals surface area contributed by atoms with E-state index in [1.807, 2.05) is 41.0 Å². The van der Waals surface area contributed by atoms with E-state index in [9.17, 15) is 24.6 Å². The lowest BCUT2D eigenvalue weighted by molar-refractivity contribution is -0.137. The zero-order chi connectivity index (χ0) is 38.8. The van der Waals surface area contributed by atoms with Crippen LogP contribution < -0.4 is 20.9 Å². The van der Waals surface area contributed by atoms with Gasteiger partial charge in [0.05, 0.1) is 37.1 Å². The molecular formula is C40H58N6O8. The van der Waals surface area contributed by atoms with Crippen LogP contribution in [0.15, 0.2) is 64.2 Å². The van der Waals surface area contributed by atoms with Gasteiger partial charge in [0, 0.05) is 84.5 Å². The first kappa shape index (κ1) is 40.8. The highest BCUT2D eigenvalue weighted by Gasteiger charge is 2.47. The van der Waals surface area contributed by atoms with E-state index in [-0.39, 0.29) is 35.6 Å². The Balaban J connectivity index is 0.000000210. The smallest absolute Gasteiger partial charge is 0.332 e. The van der Waals surface area contributed by atoms with Gasteiger partial charge < -0.3 is 34.3 Å². The van der Waals surface area contributed by atoms with Crippen molar-refractivity contribution in [2.75, 3.05) is 44.7 Å². The average molecular weight is 751 g/mol. The average Bonchev–Trinajstić information content (AvgIpc) is 3.86. The maximum atomic E-state index is 12.6. The van der Waals surface area contributed by atoms with Crippen LogP contribution in [0.2, 0.25) is 0 Å². The number of allylic oxidation sites excluding steroid dienone is 2. The Morgan fingerprint density at radius 1 is 1.07 bits per heavy atom. The first-order valence-electron chi connectivity index (χ1n) is 19.3. The molecule has 0 spiro atoms. The minimum absolute atomic E-state index is 0.0238. The molecule has 4 heterocycles. The summed E-state index contributed by atoms with van der Waals surface area (Å²) in [5, 5.41) is 29.0. The first-order chi connectivity index (χ1) is 26.0. The van der Waals surface area contributed by atoms with Crippen molar-refractivity contribution in [3.63, 3.8) is 0 Å². The molecular weight excluding hydrogens is 692 g/mol. The van der Waals surface area contributed by atoms with E-state index in [0.29, 0.717) is 37.0 Å². The number of nitrogens with zero attached hydrogens (tertiary/aromatic N) is 6. The lowest BCUT2D eigenvalue weighted by atomic mass is 9.90. The van der Waals surface area contributed by atoms with Crippen molar-refractivity contribution in [3.05, 3.63) is 75.4 Å². The fraction of sp³-hybridized carbons (Fsp3) is 0.600. The van der Waals surface area contributed by atoms with Crippen LogP contribution in [0.4, 0.5) is 5.69 Å². The number of rotatable bonds is 15. The van der Waals surface area contributed by atoms with Gasteiger partial charge in [-0.25, -0.2) is 9.78 Å². The van der Waals surface area contributed by atoms with Crippen molar-refractivity contribution in [3.8, 4) is 5.75 Å². The third-order valence-corrected chi connectivity index (χ3v) is 10.9. The molecule has 1 unspecified atom stereocenters. The zero-order valence-corrected chi connectivity index (χ0v) is 32.2. The van der Waals surface area contributed by atoms with Gasteiger partial charge >= 0.3 is 11.7 Å². The number of hydrogen-bond acceptors (Lipinski definition) is 10. The second-order valence-electron chi connectivity index (χ2n) is 14.6. The highest BCUT2D eigenvalue weighted by molar-refractivity contribution is 5.70. The van der Waals surface area contributed by atoms with Crippen LogP contribution in [-0.2, 0) is 30.2 Å². The third-order valence-electron chi connectivity index (χ3n) is 10.9. The summed E-state index contributed by atoms with van der Waals surface area (Å²) in [5.41, 5.74) is 1.36. The van der Waals surface area contributed by atoms with E-state index in [1.54, 1.807) is 20.5 Å². The van der Waals surface area contributed by atoms with E-state index >= 15 is 0 Å².